The topological polar surface area (TPSA) is 29.1 Å². The highest BCUT2D eigenvalue weighted by atomic mass is 35.5. The van der Waals surface area contributed by atoms with Gasteiger partial charge in [-0.05, 0) is 38.8 Å². The Labute approximate surface area is 95.6 Å². The lowest BCUT2D eigenvalue weighted by molar-refractivity contribution is -0.115. The molecule has 1 amide bonds. The summed E-state index contributed by atoms with van der Waals surface area (Å²) in [5.41, 5.74) is 4.20. The van der Waals surface area contributed by atoms with E-state index in [-0.39, 0.29) is 5.91 Å². The Morgan fingerprint density at radius 2 is 1.73 bits per heavy atom. The molecule has 0 saturated heterocycles. The van der Waals surface area contributed by atoms with Gasteiger partial charge in [-0.1, -0.05) is 17.7 Å². The summed E-state index contributed by atoms with van der Waals surface area (Å²) in [5.74, 6) is -0.160. The molecule has 2 nitrogen and oxygen atoms in total. The fraction of sp³-hybridized carbons (Fsp3) is 0.417. The van der Waals surface area contributed by atoms with Crippen LogP contribution in [0.5, 0.6) is 0 Å². The van der Waals surface area contributed by atoms with Crippen LogP contribution in [0.25, 0.3) is 0 Å². The first-order valence-electron chi connectivity index (χ1n) is 4.94. The molecule has 0 aliphatic carbocycles. The quantitative estimate of drug-likeness (QED) is 0.770. The van der Waals surface area contributed by atoms with Gasteiger partial charge in [0.15, 0.2) is 0 Å². The fourth-order valence-corrected chi connectivity index (χ4v) is 1.65. The van der Waals surface area contributed by atoms with Crippen molar-refractivity contribution in [2.45, 2.75) is 33.1 Å². The van der Waals surface area contributed by atoms with E-state index >= 15 is 0 Å². The van der Waals surface area contributed by atoms with Crippen molar-refractivity contribution in [2.24, 2.45) is 0 Å². The second-order valence-electron chi connectivity index (χ2n) is 3.88. The highest BCUT2D eigenvalue weighted by Crippen LogP contribution is 2.22. The number of carbonyl (C=O) groups is 1. The summed E-state index contributed by atoms with van der Waals surface area (Å²) in [4.78, 5) is 11.5. The molecule has 0 fully saturated rings. The molecule has 1 N–H and O–H groups in total. The van der Waals surface area contributed by atoms with Gasteiger partial charge < -0.3 is 5.32 Å². The SMILES string of the molecule is Cc1cc(C)c(NC(=O)C(C)Cl)c(C)c1. The number of anilines is 1. The third-order valence-corrected chi connectivity index (χ3v) is 2.48. The Hall–Kier alpha value is -1.02. The van der Waals surface area contributed by atoms with Crippen LogP contribution in [0.15, 0.2) is 12.1 Å². The minimum Gasteiger partial charge on any atom is -0.324 e. The van der Waals surface area contributed by atoms with Crippen molar-refractivity contribution in [1.29, 1.82) is 0 Å². The van der Waals surface area contributed by atoms with E-state index in [2.05, 4.69) is 5.32 Å². The largest absolute Gasteiger partial charge is 0.324 e. The van der Waals surface area contributed by atoms with Gasteiger partial charge in [0.25, 0.3) is 0 Å². The normalized spacial score (nSPS) is 12.3. The van der Waals surface area contributed by atoms with Crippen LogP contribution in [-0.4, -0.2) is 11.3 Å². The lowest BCUT2D eigenvalue weighted by Gasteiger charge is -2.13. The summed E-state index contributed by atoms with van der Waals surface area (Å²) in [5, 5.41) is 2.33. The van der Waals surface area contributed by atoms with Gasteiger partial charge in [0.2, 0.25) is 5.91 Å². The lowest BCUT2D eigenvalue weighted by atomic mass is 10.1. The predicted octanol–water partition coefficient (Wildman–Crippen LogP) is 3.18. The second-order valence-corrected chi connectivity index (χ2v) is 4.53. The molecule has 82 valence electrons. The summed E-state index contributed by atoms with van der Waals surface area (Å²) in [6.45, 7) is 7.66. The smallest absolute Gasteiger partial charge is 0.242 e. The van der Waals surface area contributed by atoms with Crippen molar-refractivity contribution < 1.29 is 4.79 Å². The van der Waals surface area contributed by atoms with E-state index in [9.17, 15) is 4.79 Å². The van der Waals surface area contributed by atoms with Gasteiger partial charge >= 0.3 is 0 Å². The van der Waals surface area contributed by atoms with E-state index in [1.165, 1.54) is 5.56 Å². The van der Waals surface area contributed by atoms with Gasteiger partial charge in [-0.25, -0.2) is 0 Å². The van der Waals surface area contributed by atoms with Gasteiger partial charge in [0.05, 0.1) is 0 Å². The number of amides is 1. The maximum Gasteiger partial charge on any atom is 0.242 e. The average Bonchev–Trinajstić information content (AvgIpc) is 2.10. The van der Waals surface area contributed by atoms with E-state index in [0.717, 1.165) is 16.8 Å². The Kier molecular flexibility index (Phi) is 3.75. The van der Waals surface area contributed by atoms with E-state index in [0.29, 0.717) is 0 Å². The molecule has 0 bridgehead atoms. The van der Waals surface area contributed by atoms with Gasteiger partial charge in [-0.3, -0.25) is 4.79 Å². The maximum atomic E-state index is 11.5. The monoisotopic (exact) mass is 225 g/mol. The van der Waals surface area contributed by atoms with Gasteiger partial charge in [0, 0.05) is 5.69 Å². The molecule has 1 atom stereocenters. The Balaban J connectivity index is 3.00. The number of rotatable bonds is 2. The van der Waals surface area contributed by atoms with Crippen LogP contribution in [-0.2, 0) is 4.79 Å². The molecule has 0 aromatic heterocycles. The molecule has 0 aliphatic rings. The van der Waals surface area contributed by atoms with Crippen molar-refractivity contribution in [3.8, 4) is 0 Å². The number of halogens is 1. The van der Waals surface area contributed by atoms with Crippen LogP contribution >= 0.6 is 11.6 Å². The van der Waals surface area contributed by atoms with Crippen LogP contribution in [0.1, 0.15) is 23.6 Å². The van der Waals surface area contributed by atoms with Crippen molar-refractivity contribution in [3.05, 3.63) is 28.8 Å². The fourth-order valence-electron chi connectivity index (χ4n) is 1.60. The van der Waals surface area contributed by atoms with E-state index < -0.39 is 5.38 Å². The number of hydrogen-bond donors (Lipinski definition) is 1. The molecule has 15 heavy (non-hydrogen) atoms. The summed E-state index contributed by atoms with van der Waals surface area (Å²) in [6.07, 6.45) is 0. The molecule has 1 aromatic carbocycles. The van der Waals surface area contributed by atoms with E-state index in [1.54, 1.807) is 6.92 Å². The third kappa shape index (κ3) is 2.96. The van der Waals surface area contributed by atoms with Crippen LogP contribution in [0, 0.1) is 20.8 Å². The number of alkyl halides is 1. The van der Waals surface area contributed by atoms with Gasteiger partial charge in [-0.2, -0.15) is 0 Å². The third-order valence-electron chi connectivity index (χ3n) is 2.29. The zero-order valence-electron chi connectivity index (χ0n) is 9.52. The lowest BCUT2D eigenvalue weighted by Crippen LogP contribution is -2.21. The highest BCUT2D eigenvalue weighted by molar-refractivity contribution is 6.32. The molecule has 3 heteroatoms. The standard InChI is InChI=1S/C12H16ClNO/c1-7-5-8(2)11(9(3)6-7)14-12(15)10(4)13/h5-6,10H,1-4H3,(H,14,15). The van der Waals surface area contributed by atoms with Crippen molar-refractivity contribution in [2.75, 3.05) is 5.32 Å². The zero-order chi connectivity index (χ0) is 11.6. The van der Waals surface area contributed by atoms with E-state index in [1.807, 2.05) is 32.9 Å². The number of carbonyl (C=O) groups excluding carboxylic acids is 1. The van der Waals surface area contributed by atoms with Crippen LogP contribution in [0.2, 0.25) is 0 Å². The van der Waals surface area contributed by atoms with Crippen molar-refractivity contribution in [3.63, 3.8) is 0 Å². The number of hydrogen-bond acceptors (Lipinski definition) is 1. The van der Waals surface area contributed by atoms with Gasteiger partial charge in [0.1, 0.15) is 5.38 Å². The Morgan fingerprint density at radius 3 is 2.13 bits per heavy atom. The summed E-state index contributed by atoms with van der Waals surface area (Å²) in [6, 6.07) is 4.09. The predicted molar refractivity (Wildman–Crippen MR) is 64.6 cm³/mol. The molecular formula is C12H16ClNO. The highest BCUT2D eigenvalue weighted by Gasteiger charge is 2.12. The minimum atomic E-state index is -0.509. The molecule has 0 radical (unpaired) electrons. The summed E-state index contributed by atoms with van der Waals surface area (Å²) >= 11 is 5.70. The van der Waals surface area contributed by atoms with Crippen LogP contribution in [0.4, 0.5) is 5.69 Å². The number of benzene rings is 1. The molecule has 0 aliphatic heterocycles. The van der Waals surface area contributed by atoms with Gasteiger partial charge in [-0.15, -0.1) is 11.6 Å². The zero-order valence-corrected chi connectivity index (χ0v) is 10.3. The first-order chi connectivity index (χ1) is 6.91. The summed E-state index contributed by atoms with van der Waals surface area (Å²) in [7, 11) is 0. The number of nitrogens with one attached hydrogen (secondary N) is 1. The van der Waals surface area contributed by atoms with Crippen LogP contribution in [0.3, 0.4) is 0 Å². The molecule has 1 unspecified atom stereocenters. The number of aryl methyl sites for hydroxylation is 3. The minimum absolute atomic E-state index is 0.160. The molecule has 1 rings (SSSR count). The summed E-state index contributed by atoms with van der Waals surface area (Å²) < 4.78 is 0. The molecule has 0 saturated carbocycles. The molecule has 1 aromatic rings. The second kappa shape index (κ2) is 4.67. The maximum absolute atomic E-state index is 11.5. The average molecular weight is 226 g/mol. The Bertz CT molecular complexity index is 362. The van der Waals surface area contributed by atoms with Crippen molar-refractivity contribution >= 4 is 23.2 Å². The molecule has 0 heterocycles. The Morgan fingerprint density at radius 1 is 1.27 bits per heavy atom. The van der Waals surface area contributed by atoms with Crippen molar-refractivity contribution in [1.82, 2.24) is 0 Å². The molecular weight excluding hydrogens is 210 g/mol. The van der Waals surface area contributed by atoms with E-state index in [4.69, 9.17) is 11.6 Å². The first-order valence-corrected chi connectivity index (χ1v) is 5.38. The first kappa shape index (κ1) is 12.1. The van der Waals surface area contributed by atoms with Crippen LogP contribution < -0.4 is 5.32 Å². The molecule has 0 spiro atoms.